The molecule has 1 aromatic rings. The van der Waals surface area contributed by atoms with Crippen molar-refractivity contribution in [3.63, 3.8) is 0 Å². The van der Waals surface area contributed by atoms with E-state index < -0.39 is 0 Å². The molecular weight excluding hydrogens is 242 g/mol. The van der Waals surface area contributed by atoms with E-state index in [4.69, 9.17) is 32.8 Å². The number of aliphatic hydroxyl groups excluding tert-OH is 1. The third kappa shape index (κ3) is 3.08. The fourth-order valence-corrected chi connectivity index (χ4v) is 1.88. The van der Waals surface area contributed by atoms with Gasteiger partial charge in [0.05, 0.1) is 6.10 Å². The second kappa shape index (κ2) is 5.89. The molecule has 2 unspecified atom stereocenters. The van der Waals surface area contributed by atoms with E-state index in [0.29, 0.717) is 16.5 Å². The maximum atomic E-state index is 8.82. The molecule has 0 saturated heterocycles. The monoisotopic (exact) mass is 252 g/mol. The number of benzene rings is 1. The summed E-state index contributed by atoms with van der Waals surface area (Å²) >= 11 is 11.8. The first-order valence-electron chi connectivity index (χ1n) is 4.10. The maximum absolute atomic E-state index is 8.82. The van der Waals surface area contributed by atoms with E-state index in [1.165, 1.54) is 0 Å². The van der Waals surface area contributed by atoms with Crippen LogP contribution in [0.4, 0.5) is 0 Å². The highest BCUT2D eigenvalue weighted by Gasteiger charge is 2.13. The van der Waals surface area contributed by atoms with Crippen LogP contribution >= 0.6 is 32.7 Å². The lowest BCUT2D eigenvalue weighted by molar-refractivity contribution is 0.179. The Hall–Kier alpha value is 0.150. The summed E-state index contributed by atoms with van der Waals surface area (Å²) in [5, 5.41) is 10.0. The zero-order valence-corrected chi connectivity index (χ0v) is 10.1. The molecule has 0 radical (unpaired) electrons. The van der Waals surface area contributed by atoms with Crippen molar-refractivity contribution in [1.82, 2.24) is 0 Å². The quantitative estimate of drug-likeness (QED) is 0.834. The maximum Gasteiger partial charge on any atom is 0.0897 e. The molecule has 78 valence electrons. The first-order chi connectivity index (χ1) is 6.69. The second-order valence-corrected chi connectivity index (χ2v) is 3.92. The Labute approximate surface area is 95.5 Å². The number of halogens is 2. The topological polar surface area (TPSA) is 29.5 Å². The standard InChI is InChI=1S/C9H11Cl2O2P/c10-6-1-2-8(11)7(5-6)9(13-14)3-4-12/h1-2,5,9,12H,3-4,14H2. The molecule has 1 aromatic carbocycles. The van der Waals surface area contributed by atoms with Crippen LogP contribution in [0.5, 0.6) is 0 Å². The van der Waals surface area contributed by atoms with Gasteiger partial charge in [-0.2, -0.15) is 0 Å². The number of rotatable bonds is 4. The smallest absolute Gasteiger partial charge is 0.0897 e. The fraction of sp³-hybridized carbons (Fsp3) is 0.333. The van der Waals surface area contributed by atoms with Crippen molar-refractivity contribution in [2.24, 2.45) is 0 Å². The van der Waals surface area contributed by atoms with E-state index in [2.05, 4.69) is 9.47 Å². The van der Waals surface area contributed by atoms with Gasteiger partial charge in [-0.05, 0) is 18.2 Å². The van der Waals surface area contributed by atoms with E-state index in [0.717, 1.165) is 5.56 Å². The summed E-state index contributed by atoms with van der Waals surface area (Å²) in [6, 6.07) is 5.17. The molecule has 0 aliphatic carbocycles. The van der Waals surface area contributed by atoms with Gasteiger partial charge in [-0.15, -0.1) is 0 Å². The van der Waals surface area contributed by atoms with Gasteiger partial charge in [-0.3, -0.25) is 0 Å². The van der Waals surface area contributed by atoms with Gasteiger partial charge in [0.1, 0.15) is 0 Å². The molecule has 14 heavy (non-hydrogen) atoms. The zero-order chi connectivity index (χ0) is 10.6. The van der Waals surface area contributed by atoms with Crippen LogP contribution < -0.4 is 0 Å². The Morgan fingerprint density at radius 2 is 2.14 bits per heavy atom. The van der Waals surface area contributed by atoms with Gasteiger partial charge in [0.25, 0.3) is 0 Å². The minimum atomic E-state index is -0.240. The van der Waals surface area contributed by atoms with Crippen molar-refractivity contribution in [3.8, 4) is 0 Å². The summed E-state index contributed by atoms with van der Waals surface area (Å²) in [6.07, 6.45) is 0.250. The fourth-order valence-electron chi connectivity index (χ4n) is 1.18. The molecule has 0 amide bonds. The van der Waals surface area contributed by atoms with Gasteiger partial charge in [0, 0.05) is 38.1 Å². The Bertz CT molecular complexity index is 307. The highest BCUT2D eigenvalue weighted by atomic mass is 35.5. The molecule has 0 saturated carbocycles. The summed E-state index contributed by atoms with van der Waals surface area (Å²) in [5.74, 6) is 0. The van der Waals surface area contributed by atoms with Gasteiger partial charge in [-0.25, -0.2) is 0 Å². The lowest BCUT2D eigenvalue weighted by Crippen LogP contribution is -2.02. The van der Waals surface area contributed by atoms with Crippen LogP contribution in [-0.2, 0) is 4.52 Å². The predicted octanol–water partition coefficient (Wildman–Crippen LogP) is 3.22. The summed E-state index contributed by atoms with van der Waals surface area (Å²) in [5.41, 5.74) is 0.795. The molecule has 0 spiro atoms. The highest BCUT2D eigenvalue weighted by molar-refractivity contribution is 7.09. The molecule has 0 aromatic heterocycles. The third-order valence-corrected chi connectivity index (χ3v) is 2.77. The largest absolute Gasteiger partial charge is 0.396 e. The van der Waals surface area contributed by atoms with Crippen molar-refractivity contribution in [3.05, 3.63) is 33.8 Å². The van der Waals surface area contributed by atoms with Gasteiger partial charge in [0.2, 0.25) is 0 Å². The average Bonchev–Trinajstić information content (AvgIpc) is 2.18. The van der Waals surface area contributed by atoms with E-state index in [1.54, 1.807) is 18.2 Å². The van der Waals surface area contributed by atoms with Gasteiger partial charge >= 0.3 is 0 Å². The van der Waals surface area contributed by atoms with Crippen LogP contribution in [0.25, 0.3) is 0 Å². The molecule has 0 aliphatic heterocycles. The third-order valence-electron chi connectivity index (χ3n) is 1.86. The predicted molar refractivity (Wildman–Crippen MR) is 61.7 cm³/mol. The van der Waals surface area contributed by atoms with Crippen molar-refractivity contribution in [1.29, 1.82) is 0 Å². The summed E-state index contributed by atoms with van der Waals surface area (Å²) in [7, 11) is 2.17. The highest BCUT2D eigenvalue weighted by Crippen LogP contribution is 2.31. The average molecular weight is 253 g/mol. The van der Waals surface area contributed by atoms with Gasteiger partial charge < -0.3 is 9.63 Å². The Morgan fingerprint density at radius 1 is 1.43 bits per heavy atom. The van der Waals surface area contributed by atoms with Gasteiger partial charge in [0.15, 0.2) is 0 Å². The molecule has 1 N–H and O–H groups in total. The molecular formula is C9H11Cl2O2P. The Morgan fingerprint density at radius 3 is 2.71 bits per heavy atom. The molecule has 5 heteroatoms. The lowest BCUT2D eigenvalue weighted by atomic mass is 10.1. The molecule has 2 atom stereocenters. The van der Waals surface area contributed by atoms with Gasteiger partial charge in [-0.1, -0.05) is 23.2 Å². The van der Waals surface area contributed by atoms with Crippen LogP contribution in [0, 0.1) is 0 Å². The molecule has 1 rings (SSSR count). The van der Waals surface area contributed by atoms with Crippen molar-refractivity contribution < 1.29 is 9.63 Å². The number of aliphatic hydroxyl groups is 1. The zero-order valence-electron chi connectivity index (χ0n) is 7.41. The normalized spacial score (nSPS) is 12.9. The van der Waals surface area contributed by atoms with Crippen LogP contribution in [0.2, 0.25) is 10.0 Å². The summed E-state index contributed by atoms with van der Waals surface area (Å²) in [4.78, 5) is 0. The summed E-state index contributed by atoms with van der Waals surface area (Å²) < 4.78 is 5.13. The van der Waals surface area contributed by atoms with Crippen LogP contribution in [0.3, 0.4) is 0 Å². The number of hydrogen-bond donors (Lipinski definition) is 1. The van der Waals surface area contributed by atoms with E-state index in [-0.39, 0.29) is 12.7 Å². The first-order valence-corrected chi connectivity index (χ1v) is 5.33. The first kappa shape index (κ1) is 12.2. The van der Waals surface area contributed by atoms with Crippen LogP contribution in [-0.4, -0.2) is 11.7 Å². The summed E-state index contributed by atoms with van der Waals surface area (Å²) in [6.45, 7) is 0.0436. The van der Waals surface area contributed by atoms with E-state index in [1.807, 2.05) is 0 Å². The number of hydrogen-bond acceptors (Lipinski definition) is 2. The van der Waals surface area contributed by atoms with E-state index >= 15 is 0 Å². The second-order valence-electron chi connectivity index (χ2n) is 2.80. The minimum Gasteiger partial charge on any atom is -0.396 e. The molecule has 0 aliphatic rings. The van der Waals surface area contributed by atoms with Crippen LogP contribution in [0.1, 0.15) is 18.1 Å². The minimum absolute atomic E-state index is 0.0436. The molecule has 0 heterocycles. The van der Waals surface area contributed by atoms with Crippen molar-refractivity contribution in [2.45, 2.75) is 12.5 Å². The van der Waals surface area contributed by atoms with Crippen molar-refractivity contribution in [2.75, 3.05) is 6.61 Å². The molecule has 2 nitrogen and oxygen atoms in total. The lowest BCUT2D eigenvalue weighted by Gasteiger charge is -2.15. The Balaban J connectivity index is 2.96. The Kier molecular flexibility index (Phi) is 5.14. The van der Waals surface area contributed by atoms with Crippen molar-refractivity contribution >= 4 is 32.7 Å². The molecule has 0 bridgehead atoms. The SMILES string of the molecule is OCCC(OP)c1cc(Cl)ccc1Cl. The molecule has 0 fully saturated rings. The van der Waals surface area contributed by atoms with Crippen LogP contribution in [0.15, 0.2) is 18.2 Å². The van der Waals surface area contributed by atoms with E-state index in [9.17, 15) is 0 Å².